The summed E-state index contributed by atoms with van der Waals surface area (Å²) in [6.45, 7) is 1.81. The van der Waals surface area contributed by atoms with E-state index in [0.29, 0.717) is 12.0 Å². The number of hydrogen-bond acceptors (Lipinski definition) is 5. The molecule has 0 atom stereocenters. The molecular weight excluding hydrogens is 282 g/mol. The average molecular weight is 295 g/mol. The fourth-order valence-electron chi connectivity index (χ4n) is 1.85. The number of aryl methyl sites for hydroxylation is 1. The van der Waals surface area contributed by atoms with Gasteiger partial charge < -0.3 is 9.63 Å². The Hall–Kier alpha value is -2.15. The molecule has 0 aliphatic heterocycles. The third-order valence-corrected chi connectivity index (χ3v) is 4.57. The van der Waals surface area contributed by atoms with Crippen molar-refractivity contribution in [1.29, 1.82) is 0 Å². The van der Waals surface area contributed by atoms with Crippen molar-refractivity contribution in [2.75, 3.05) is 0 Å². The molecule has 0 aliphatic carbocycles. The summed E-state index contributed by atoms with van der Waals surface area (Å²) in [7, 11) is -3.68. The normalized spacial score (nSPS) is 11.4. The van der Waals surface area contributed by atoms with Gasteiger partial charge in [0, 0.05) is 6.07 Å². The van der Waals surface area contributed by atoms with Crippen molar-refractivity contribution >= 4 is 15.8 Å². The quantitative estimate of drug-likeness (QED) is 0.904. The van der Waals surface area contributed by atoms with E-state index in [1.165, 1.54) is 30.5 Å². The maximum atomic E-state index is 12.4. The van der Waals surface area contributed by atoms with E-state index in [1.54, 1.807) is 0 Å². The molecule has 106 valence electrons. The van der Waals surface area contributed by atoms with Crippen molar-refractivity contribution in [2.24, 2.45) is 0 Å². The fraction of sp³-hybridized carbons (Fsp3) is 0.231. The van der Waals surface area contributed by atoms with Crippen LogP contribution in [0.5, 0.6) is 0 Å². The summed E-state index contributed by atoms with van der Waals surface area (Å²) in [6.07, 6.45) is 1.85. The lowest BCUT2D eigenvalue weighted by Gasteiger charge is -2.09. The van der Waals surface area contributed by atoms with E-state index in [0.717, 1.165) is 0 Å². The SMILES string of the molecule is CCc1ccc(C(=O)O)cc1S(=O)(=O)Cc1ccno1. The average Bonchev–Trinajstić information content (AvgIpc) is 2.90. The zero-order chi connectivity index (χ0) is 14.8. The van der Waals surface area contributed by atoms with E-state index in [-0.39, 0.29) is 22.0 Å². The molecule has 0 unspecified atom stereocenters. The number of carbonyl (C=O) groups is 1. The molecule has 0 saturated heterocycles. The molecule has 2 aromatic rings. The van der Waals surface area contributed by atoms with Crippen LogP contribution in [0.1, 0.15) is 28.6 Å². The molecule has 1 aromatic carbocycles. The van der Waals surface area contributed by atoms with Crippen LogP contribution in [0, 0.1) is 0 Å². The van der Waals surface area contributed by atoms with E-state index in [2.05, 4.69) is 5.16 Å². The van der Waals surface area contributed by atoms with Gasteiger partial charge in [0.15, 0.2) is 15.6 Å². The summed E-state index contributed by atoms with van der Waals surface area (Å²) in [4.78, 5) is 11.0. The van der Waals surface area contributed by atoms with Gasteiger partial charge in [-0.3, -0.25) is 0 Å². The molecule has 0 bridgehead atoms. The third-order valence-electron chi connectivity index (χ3n) is 2.85. The second kappa shape index (κ2) is 5.46. The lowest BCUT2D eigenvalue weighted by Crippen LogP contribution is -2.09. The van der Waals surface area contributed by atoms with Crippen LogP contribution in [-0.2, 0) is 22.0 Å². The van der Waals surface area contributed by atoms with E-state index >= 15 is 0 Å². The molecule has 0 spiro atoms. The van der Waals surface area contributed by atoms with Gasteiger partial charge >= 0.3 is 5.97 Å². The number of aromatic nitrogens is 1. The van der Waals surface area contributed by atoms with Crippen LogP contribution in [0.4, 0.5) is 0 Å². The molecule has 2 rings (SSSR count). The first kappa shape index (κ1) is 14.3. The smallest absolute Gasteiger partial charge is 0.335 e. The van der Waals surface area contributed by atoms with E-state index in [4.69, 9.17) is 9.63 Å². The first-order chi connectivity index (χ1) is 9.44. The van der Waals surface area contributed by atoms with Crippen molar-refractivity contribution in [3.8, 4) is 0 Å². The Morgan fingerprint density at radius 1 is 1.35 bits per heavy atom. The maximum absolute atomic E-state index is 12.4. The Labute approximate surface area is 115 Å². The summed E-state index contributed by atoms with van der Waals surface area (Å²) in [6, 6.07) is 5.57. The van der Waals surface area contributed by atoms with Gasteiger partial charge in [0.1, 0.15) is 5.75 Å². The zero-order valence-electron chi connectivity index (χ0n) is 10.7. The van der Waals surface area contributed by atoms with Crippen LogP contribution in [-0.4, -0.2) is 24.7 Å². The minimum absolute atomic E-state index is 0.0244. The molecule has 1 heterocycles. The van der Waals surface area contributed by atoms with Crippen molar-refractivity contribution in [3.05, 3.63) is 47.3 Å². The van der Waals surface area contributed by atoms with Crippen molar-refractivity contribution in [1.82, 2.24) is 5.16 Å². The van der Waals surface area contributed by atoms with Crippen LogP contribution in [0.2, 0.25) is 0 Å². The van der Waals surface area contributed by atoms with Crippen LogP contribution >= 0.6 is 0 Å². The third kappa shape index (κ3) is 2.88. The van der Waals surface area contributed by atoms with Gasteiger partial charge in [0.05, 0.1) is 16.7 Å². The fourth-order valence-corrected chi connectivity index (χ4v) is 3.45. The number of benzene rings is 1. The first-order valence-electron chi connectivity index (χ1n) is 5.92. The predicted octanol–water partition coefficient (Wildman–Crippen LogP) is 1.91. The monoisotopic (exact) mass is 295 g/mol. The Bertz CT molecular complexity index is 719. The number of aromatic carboxylic acids is 1. The van der Waals surface area contributed by atoms with Crippen LogP contribution in [0.25, 0.3) is 0 Å². The largest absolute Gasteiger partial charge is 0.478 e. The Morgan fingerprint density at radius 2 is 2.10 bits per heavy atom. The van der Waals surface area contributed by atoms with Gasteiger partial charge in [-0.1, -0.05) is 18.1 Å². The number of rotatable bonds is 5. The molecule has 0 fully saturated rings. The Morgan fingerprint density at radius 3 is 2.65 bits per heavy atom. The molecule has 1 N–H and O–H groups in total. The lowest BCUT2D eigenvalue weighted by molar-refractivity contribution is 0.0696. The highest BCUT2D eigenvalue weighted by atomic mass is 32.2. The molecule has 7 heteroatoms. The maximum Gasteiger partial charge on any atom is 0.335 e. The number of carboxylic acids is 1. The van der Waals surface area contributed by atoms with Crippen LogP contribution in [0.15, 0.2) is 39.9 Å². The van der Waals surface area contributed by atoms with Crippen LogP contribution in [0.3, 0.4) is 0 Å². The van der Waals surface area contributed by atoms with E-state index in [1.807, 2.05) is 6.92 Å². The summed E-state index contributed by atoms with van der Waals surface area (Å²) in [5.74, 6) is -1.29. The van der Waals surface area contributed by atoms with E-state index in [9.17, 15) is 13.2 Å². The van der Waals surface area contributed by atoms with Gasteiger partial charge in [-0.2, -0.15) is 0 Å². The molecule has 0 amide bonds. The summed E-state index contributed by atoms with van der Waals surface area (Å²) in [5.41, 5.74) is 0.521. The van der Waals surface area contributed by atoms with E-state index < -0.39 is 15.8 Å². The number of sulfone groups is 1. The van der Waals surface area contributed by atoms with Gasteiger partial charge in [-0.25, -0.2) is 13.2 Å². The topological polar surface area (TPSA) is 97.5 Å². The van der Waals surface area contributed by atoms with Gasteiger partial charge in [-0.05, 0) is 24.1 Å². The summed E-state index contributed by atoms with van der Waals surface area (Å²) < 4.78 is 29.5. The number of carboxylic acid groups (broad SMARTS) is 1. The van der Waals surface area contributed by atoms with Crippen molar-refractivity contribution < 1.29 is 22.8 Å². The molecule has 0 radical (unpaired) electrons. The molecule has 0 saturated carbocycles. The standard InChI is InChI=1S/C13H13NO5S/c1-2-9-3-4-10(13(15)16)7-12(9)20(17,18)8-11-5-6-14-19-11/h3-7H,2,8H2,1H3,(H,15,16). The second-order valence-electron chi connectivity index (χ2n) is 4.22. The predicted molar refractivity (Wildman–Crippen MR) is 70.2 cm³/mol. The highest BCUT2D eigenvalue weighted by Gasteiger charge is 2.22. The zero-order valence-corrected chi connectivity index (χ0v) is 11.6. The van der Waals surface area contributed by atoms with Crippen molar-refractivity contribution in [2.45, 2.75) is 24.0 Å². The van der Waals surface area contributed by atoms with Gasteiger partial charge in [-0.15, -0.1) is 0 Å². The molecule has 0 aliphatic rings. The molecule has 1 aromatic heterocycles. The minimum Gasteiger partial charge on any atom is -0.478 e. The van der Waals surface area contributed by atoms with Crippen molar-refractivity contribution in [3.63, 3.8) is 0 Å². The second-order valence-corrected chi connectivity index (χ2v) is 6.18. The number of nitrogens with zero attached hydrogens (tertiary/aromatic N) is 1. The highest BCUT2D eigenvalue weighted by molar-refractivity contribution is 7.90. The Kier molecular flexibility index (Phi) is 3.89. The summed E-state index contributed by atoms with van der Waals surface area (Å²) >= 11 is 0. The molecular formula is C13H13NO5S. The molecule has 6 nitrogen and oxygen atoms in total. The summed E-state index contributed by atoms with van der Waals surface area (Å²) in [5, 5.41) is 12.4. The Balaban J connectivity index is 2.48. The van der Waals surface area contributed by atoms with Gasteiger partial charge in [0.25, 0.3) is 0 Å². The van der Waals surface area contributed by atoms with Crippen LogP contribution < -0.4 is 0 Å². The van der Waals surface area contributed by atoms with Gasteiger partial charge in [0.2, 0.25) is 0 Å². The first-order valence-corrected chi connectivity index (χ1v) is 7.58. The lowest BCUT2D eigenvalue weighted by atomic mass is 10.1. The highest BCUT2D eigenvalue weighted by Crippen LogP contribution is 2.22. The molecule has 20 heavy (non-hydrogen) atoms. The number of hydrogen-bond donors (Lipinski definition) is 1. The minimum atomic E-state index is -3.68.